The highest BCUT2D eigenvalue weighted by molar-refractivity contribution is 9.10. The highest BCUT2D eigenvalue weighted by atomic mass is 79.9. The Morgan fingerprint density at radius 3 is 2.65 bits per heavy atom. The van der Waals surface area contributed by atoms with E-state index in [1.165, 1.54) is 0 Å². The van der Waals surface area contributed by atoms with Crippen LogP contribution in [-0.2, 0) is 0 Å². The summed E-state index contributed by atoms with van der Waals surface area (Å²) in [5, 5.41) is 1.31. The normalized spacial score (nSPS) is 12.4. The summed E-state index contributed by atoms with van der Waals surface area (Å²) in [6.45, 7) is 0. The van der Waals surface area contributed by atoms with Crippen LogP contribution >= 0.6 is 50.9 Å². The van der Waals surface area contributed by atoms with E-state index in [2.05, 4.69) is 27.4 Å². The summed E-state index contributed by atoms with van der Waals surface area (Å²) in [4.78, 5) is 1.16. The number of halogens is 3. The van der Waals surface area contributed by atoms with Crippen molar-refractivity contribution >= 4 is 50.9 Å². The van der Waals surface area contributed by atoms with Gasteiger partial charge in [-0.05, 0) is 51.8 Å². The molecule has 0 aliphatic rings. The van der Waals surface area contributed by atoms with Gasteiger partial charge in [0.1, 0.15) is 0 Å². The molecular weight excluding hydrogens is 379 g/mol. The fraction of sp³-hybridized carbons (Fsp3) is 0.143. The van der Waals surface area contributed by atoms with Crippen molar-refractivity contribution in [2.45, 2.75) is 10.9 Å². The van der Waals surface area contributed by atoms with Crippen molar-refractivity contribution in [1.82, 2.24) is 5.43 Å². The van der Waals surface area contributed by atoms with E-state index in [0.29, 0.717) is 10.0 Å². The lowest BCUT2D eigenvalue weighted by molar-refractivity contribution is 0.611. The maximum absolute atomic E-state index is 6.21. The van der Waals surface area contributed by atoms with Gasteiger partial charge in [-0.1, -0.05) is 35.3 Å². The standard InChI is InChI=1S/C14H13BrCl2N2S/c15-11-3-1-2-4-14(11)20-8-13(19-18)10-7-9(16)5-6-12(10)17/h1-7,13,19H,8,18H2. The van der Waals surface area contributed by atoms with Crippen LogP contribution in [0.15, 0.2) is 51.8 Å². The molecule has 106 valence electrons. The molecule has 3 N–H and O–H groups in total. The Bertz CT molecular complexity index is 595. The lowest BCUT2D eigenvalue weighted by Gasteiger charge is -2.18. The molecular formula is C14H13BrCl2N2S. The first-order valence-corrected chi connectivity index (χ1v) is 8.43. The lowest BCUT2D eigenvalue weighted by Crippen LogP contribution is -2.29. The zero-order valence-corrected chi connectivity index (χ0v) is 14.4. The SMILES string of the molecule is NNC(CSc1ccccc1Br)c1cc(Cl)ccc1Cl. The molecule has 0 spiro atoms. The van der Waals surface area contributed by atoms with Crippen LogP contribution < -0.4 is 11.3 Å². The number of nitrogens with one attached hydrogen (secondary N) is 1. The number of hydrogen-bond donors (Lipinski definition) is 2. The van der Waals surface area contributed by atoms with Crippen LogP contribution in [0.2, 0.25) is 10.0 Å². The quantitative estimate of drug-likeness (QED) is 0.425. The summed E-state index contributed by atoms with van der Waals surface area (Å²) in [6.07, 6.45) is 0. The predicted octanol–water partition coefficient (Wildman–Crippen LogP) is 5.05. The summed E-state index contributed by atoms with van der Waals surface area (Å²) < 4.78 is 1.07. The number of benzene rings is 2. The molecule has 2 aromatic rings. The number of nitrogens with two attached hydrogens (primary N) is 1. The molecule has 2 aromatic carbocycles. The molecule has 0 fully saturated rings. The maximum Gasteiger partial charge on any atom is 0.0569 e. The van der Waals surface area contributed by atoms with Gasteiger partial charge in [0.15, 0.2) is 0 Å². The molecule has 0 heterocycles. The first-order chi connectivity index (χ1) is 9.61. The van der Waals surface area contributed by atoms with Gasteiger partial charge in [0.25, 0.3) is 0 Å². The first kappa shape index (κ1) is 16.1. The summed E-state index contributed by atoms with van der Waals surface area (Å²) in [5.74, 6) is 6.40. The Labute approximate surface area is 141 Å². The number of rotatable bonds is 5. The van der Waals surface area contributed by atoms with Gasteiger partial charge in [0.2, 0.25) is 0 Å². The van der Waals surface area contributed by atoms with Crippen molar-refractivity contribution in [2.24, 2.45) is 5.84 Å². The molecule has 2 rings (SSSR count). The van der Waals surface area contributed by atoms with Crippen molar-refractivity contribution in [3.63, 3.8) is 0 Å². The molecule has 6 heteroatoms. The van der Waals surface area contributed by atoms with Crippen LogP contribution in [-0.4, -0.2) is 5.75 Å². The zero-order valence-electron chi connectivity index (χ0n) is 10.4. The van der Waals surface area contributed by atoms with Gasteiger partial charge in [0.05, 0.1) is 6.04 Å². The van der Waals surface area contributed by atoms with Crippen LogP contribution in [0.5, 0.6) is 0 Å². The zero-order chi connectivity index (χ0) is 14.5. The molecule has 1 unspecified atom stereocenters. The van der Waals surface area contributed by atoms with E-state index in [0.717, 1.165) is 20.7 Å². The van der Waals surface area contributed by atoms with Crippen LogP contribution in [0.3, 0.4) is 0 Å². The summed E-state index contributed by atoms with van der Waals surface area (Å²) in [6, 6.07) is 13.4. The second-order valence-corrected chi connectivity index (χ2v) is 6.89. The first-order valence-electron chi connectivity index (χ1n) is 5.90. The molecule has 0 saturated carbocycles. The van der Waals surface area contributed by atoms with E-state index >= 15 is 0 Å². The van der Waals surface area contributed by atoms with Crippen LogP contribution in [0.4, 0.5) is 0 Å². The molecule has 0 amide bonds. The third-order valence-electron chi connectivity index (χ3n) is 2.78. The van der Waals surface area contributed by atoms with Crippen LogP contribution in [0.1, 0.15) is 11.6 Å². The monoisotopic (exact) mass is 390 g/mol. The largest absolute Gasteiger partial charge is 0.271 e. The van der Waals surface area contributed by atoms with Crippen molar-refractivity contribution in [3.05, 3.63) is 62.5 Å². The highest BCUT2D eigenvalue weighted by Gasteiger charge is 2.15. The minimum Gasteiger partial charge on any atom is -0.271 e. The second kappa shape index (κ2) is 7.69. The third kappa shape index (κ3) is 4.13. The Morgan fingerprint density at radius 1 is 1.20 bits per heavy atom. The lowest BCUT2D eigenvalue weighted by atomic mass is 10.1. The molecule has 0 saturated heterocycles. The fourth-order valence-electron chi connectivity index (χ4n) is 1.74. The van der Waals surface area contributed by atoms with Crippen LogP contribution in [0.25, 0.3) is 0 Å². The van der Waals surface area contributed by atoms with Gasteiger partial charge in [-0.15, -0.1) is 11.8 Å². The van der Waals surface area contributed by atoms with Gasteiger partial charge >= 0.3 is 0 Å². The molecule has 0 bridgehead atoms. The number of hydrogen-bond acceptors (Lipinski definition) is 3. The summed E-state index contributed by atoms with van der Waals surface area (Å²) in [7, 11) is 0. The number of hydrazine groups is 1. The Morgan fingerprint density at radius 2 is 1.95 bits per heavy atom. The van der Waals surface area contributed by atoms with E-state index in [1.54, 1.807) is 23.9 Å². The molecule has 1 atom stereocenters. The molecule has 0 aliphatic heterocycles. The minimum absolute atomic E-state index is 0.0710. The Hall–Kier alpha value is -0.230. The van der Waals surface area contributed by atoms with Gasteiger partial charge in [-0.25, -0.2) is 0 Å². The van der Waals surface area contributed by atoms with Gasteiger partial charge < -0.3 is 0 Å². The van der Waals surface area contributed by atoms with Crippen LogP contribution in [0, 0.1) is 0 Å². The number of thioether (sulfide) groups is 1. The van der Waals surface area contributed by atoms with E-state index < -0.39 is 0 Å². The highest BCUT2D eigenvalue weighted by Crippen LogP contribution is 2.33. The smallest absolute Gasteiger partial charge is 0.0569 e. The van der Waals surface area contributed by atoms with E-state index in [-0.39, 0.29) is 6.04 Å². The summed E-state index contributed by atoms with van der Waals surface area (Å²) in [5.41, 5.74) is 3.70. The fourth-order valence-corrected chi connectivity index (χ4v) is 3.80. The Balaban J connectivity index is 2.13. The molecule has 0 radical (unpaired) electrons. The predicted molar refractivity (Wildman–Crippen MR) is 91.4 cm³/mol. The van der Waals surface area contributed by atoms with Crippen molar-refractivity contribution in [2.75, 3.05) is 5.75 Å². The topological polar surface area (TPSA) is 38.0 Å². The maximum atomic E-state index is 6.21. The van der Waals surface area contributed by atoms with E-state index in [1.807, 2.05) is 24.3 Å². The average molecular weight is 392 g/mol. The molecule has 20 heavy (non-hydrogen) atoms. The van der Waals surface area contributed by atoms with Gasteiger partial charge in [-0.3, -0.25) is 11.3 Å². The minimum atomic E-state index is -0.0710. The van der Waals surface area contributed by atoms with E-state index in [4.69, 9.17) is 29.0 Å². The van der Waals surface area contributed by atoms with Crippen molar-refractivity contribution in [3.8, 4) is 0 Å². The van der Waals surface area contributed by atoms with Crippen molar-refractivity contribution in [1.29, 1.82) is 0 Å². The Kier molecular flexibility index (Phi) is 6.20. The average Bonchev–Trinajstić information content (AvgIpc) is 2.45. The molecule has 0 aromatic heterocycles. The second-order valence-electron chi connectivity index (χ2n) is 4.13. The van der Waals surface area contributed by atoms with E-state index in [9.17, 15) is 0 Å². The van der Waals surface area contributed by atoms with Gasteiger partial charge in [-0.2, -0.15) is 0 Å². The molecule has 0 aliphatic carbocycles. The van der Waals surface area contributed by atoms with Gasteiger partial charge in [0, 0.05) is 25.2 Å². The summed E-state index contributed by atoms with van der Waals surface area (Å²) >= 11 is 17.5. The third-order valence-corrected chi connectivity index (χ3v) is 5.48. The molecule has 2 nitrogen and oxygen atoms in total. The van der Waals surface area contributed by atoms with Crippen molar-refractivity contribution < 1.29 is 0 Å².